The molecule has 208 valence electrons. The Morgan fingerprint density at radius 3 is 2.34 bits per heavy atom. The van der Waals surface area contributed by atoms with Crippen molar-refractivity contribution in [3.05, 3.63) is 62.9 Å². The van der Waals surface area contributed by atoms with Crippen LogP contribution < -0.4 is 16.4 Å². The zero-order valence-corrected chi connectivity index (χ0v) is 23.0. The molecule has 0 radical (unpaired) electrons. The molecule has 2 aromatic rings. The van der Waals surface area contributed by atoms with Crippen molar-refractivity contribution in [2.24, 2.45) is 5.73 Å². The summed E-state index contributed by atoms with van der Waals surface area (Å²) in [6.45, 7) is 6.57. The van der Waals surface area contributed by atoms with Crippen LogP contribution in [0.15, 0.2) is 34.8 Å². The molecule has 0 saturated carbocycles. The van der Waals surface area contributed by atoms with Gasteiger partial charge in [0.2, 0.25) is 5.91 Å². The Bertz CT molecular complexity index is 1200. The molecule has 7 nitrogen and oxygen atoms in total. The fourth-order valence-corrected chi connectivity index (χ4v) is 4.11. The van der Waals surface area contributed by atoms with E-state index in [1.54, 1.807) is 27.7 Å². The van der Waals surface area contributed by atoms with Crippen molar-refractivity contribution >= 4 is 39.5 Å². The van der Waals surface area contributed by atoms with Gasteiger partial charge in [-0.15, -0.1) is 0 Å². The van der Waals surface area contributed by atoms with E-state index in [4.69, 9.17) is 10.5 Å². The van der Waals surface area contributed by atoms with Crippen LogP contribution in [0.2, 0.25) is 0 Å². The monoisotopic (exact) mass is 603 g/mol. The van der Waals surface area contributed by atoms with E-state index in [1.807, 2.05) is 0 Å². The van der Waals surface area contributed by atoms with Gasteiger partial charge in [0.25, 0.3) is 5.91 Å². The molecule has 0 aliphatic rings. The molecule has 0 bridgehead atoms. The number of amides is 3. The van der Waals surface area contributed by atoms with Gasteiger partial charge in [-0.25, -0.2) is 9.18 Å². The summed E-state index contributed by atoms with van der Waals surface area (Å²) < 4.78 is 60.4. The van der Waals surface area contributed by atoms with Gasteiger partial charge in [0.15, 0.2) is 0 Å². The van der Waals surface area contributed by atoms with Gasteiger partial charge in [-0.3, -0.25) is 9.59 Å². The van der Waals surface area contributed by atoms with Gasteiger partial charge in [0.1, 0.15) is 11.4 Å². The predicted molar refractivity (Wildman–Crippen MR) is 138 cm³/mol. The van der Waals surface area contributed by atoms with E-state index < -0.39 is 47.1 Å². The minimum absolute atomic E-state index is 0.00109. The summed E-state index contributed by atoms with van der Waals surface area (Å²) in [6.07, 6.45) is -5.07. The van der Waals surface area contributed by atoms with E-state index in [0.29, 0.717) is 0 Å². The highest BCUT2D eigenvalue weighted by atomic mass is 79.9. The van der Waals surface area contributed by atoms with Gasteiger partial charge < -0.3 is 21.1 Å². The number of alkyl halides is 3. The lowest BCUT2D eigenvalue weighted by molar-refractivity contribution is -0.138. The molecule has 0 aromatic heterocycles. The van der Waals surface area contributed by atoms with Gasteiger partial charge in [-0.2, -0.15) is 13.2 Å². The third-order valence-corrected chi connectivity index (χ3v) is 6.01. The molecule has 0 aliphatic carbocycles. The standard InChI is InChI=1S/C26H30BrF4N3O4/c1-14(33-24(37)38-25(2,3)4)15-9-7-10-18(26(29,30)31)16(15)8-5-6-11-22(35)34-21-13-20(28)19(27)12-17(21)23(32)36/h7,9-10,12-14H,5-6,8,11H2,1-4H3,(H2,32,36)(H,33,37)(H,34,35)/t14-/m1/s1. The lowest BCUT2D eigenvalue weighted by Gasteiger charge is -2.24. The van der Waals surface area contributed by atoms with Crippen molar-refractivity contribution in [1.29, 1.82) is 0 Å². The first-order chi connectivity index (χ1) is 17.5. The molecular weight excluding hydrogens is 574 g/mol. The number of benzene rings is 2. The normalized spacial score (nSPS) is 12.6. The van der Waals surface area contributed by atoms with Crippen LogP contribution in [0.4, 0.5) is 28.0 Å². The Morgan fingerprint density at radius 2 is 1.76 bits per heavy atom. The Morgan fingerprint density at radius 1 is 1.11 bits per heavy atom. The minimum atomic E-state index is -4.62. The number of carbonyl (C=O) groups excluding carboxylic acids is 3. The molecular formula is C26H30BrF4N3O4. The smallest absolute Gasteiger partial charge is 0.416 e. The number of unbranched alkanes of at least 4 members (excludes halogenated alkanes) is 1. The van der Waals surface area contributed by atoms with Crippen molar-refractivity contribution < 1.29 is 36.7 Å². The van der Waals surface area contributed by atoms with Gasteiger partial charge in [-0.05, 0) is 92.2 Å². The Labute approximate surface area is 226 Å². The van der Waals surface area contributed by atoms with Crippen LogP contribution in [0.25, 0.3) is 0 Å². The average molecular weight is 604 g/mol. The topological polar surface area (TPSA) is 111 Å². The summed E-state index contributed by atoms with van der Waals surface area (Å²) in [5.74, 6) is -2.14. The third kappa shape index (κ3) is 9.00. The first-order valence-electron chi connectivity index (χ1n) is 11.8. The third-order valence-electron chi connectivity index (χ3n) is 5.40. The lowest BCUT2D eigenvalue weighted by Crippen LogP contribution is -2.34. The van der Waals surface area contributed by atoms with E-state index in [0.717, 1.165) is 18.2 Å². The molecule has 0 fully saturated rings. The first kappa shape index (κ1) is 31.1. The largest absolute Gasteiger partial charge is 0.444 e. The Kier molecular flexibility index (Phi) is 10.3. The number of alkyl carbamates (subject to hydrolysis) is 1. The number of primary amides is 1. The summed E-state index contributed by atoms with van der Waals surface area (Å²) >= 11 is 2.94. The number of hydrogen-bond acceptors (Lipinski definition) is 4. The number of nitrogens with one attached hydrogen (secondary N) is 2. The number of ether oxygens (including phenoxy) is 1. The highest BCUT2D eigenvalue weighted by Gasteiger charge is 2.34. The average Bonchev–Trinajstić information content (AvgIpc) is 2.76. The van der Waals surface area contributed by atoms with Gasteiger partial charge >= 0.3 is 12.3 Å². The lowest BCUT2D eigenvalue weighted by atomic mass is 9.92. The van der Waals surface area contributed by atoms with Crippen LogP contribution in [0, 0.1) is 5.82 Å². The molecule has 4 N–H and O–H groups in total. The zero-order valence-electron chi connectivity index (χ0n) is 21.4. The van der Waals surface area contributed by atoms with Crippen molar-refractivity contribution in [2.45, 2.75) is 71.2 Å². The van der Waals surface area contributed by atoms with Gasteiger partial charge in [0.05, 0.1) is 27.3 Å². The zero-order chi connectivity index (χ0) is 28.8. The number of rotatable bonds is 9. The van der Waals surface area contributed by atoms with Crippen LogP contribution in [0.3, 0.4) is 0 Å². The fourth-order valence-electron chi connectivity index (χ4n) is 3.77. The summed E-state index contributed by atoms with van der Waals surface area (Å²) in [7, 11) is 0. The molecule has 0 saturated heterocycles. The second kappa shape index (κ2) is 12.6. The molecule has 2 aromatic carbocycles. The van der Waals surface area contributed by atoms with Crippen LogP contribution in [0.1, 0.15) is 80.0 Å². The molecule has 1 atom stereocenters. The fraction of sp³-hybridized carbons (Fsp3) is 0.423. The van der Waals surface area contributed by atoms with E-state index in [9.17, 15) is 31.9 Å². The van der Waals surface area contributed by atoms with E-state index in [-0.39, 0.29) is 52.5 Å². The maximum Gasteiger partial charge on any atom is 0.416 e. The quantitative estimate of drug-likeness (QED) is 0.220. The number of halogens is 5. The van der Waals surface area contributed by atoms with Gasteiger partial charge in [-0.1, -0.05) is 12.1 Å². The number of nitrogens with two attached hydrogens (primary N) is 1. The van der Waals surface area contributed by atoms with Crippen molar-refractivity contribution in [2.75, 3.05) is 5.32 Å². The van der Waals surface area contributed by atoms with Crippen molar-refractivity contribution in [1.82, 2.24) is 5.32 Å². The molecule has 38 heavy (non-hydrogen) atoms. The second-order valence-electron chi connectivity index (χ2n) is 9.67. The summed E-state index contributed by atoms with van der Waals surface area (Å²) in [4.78, 5) is 36.2. The molecule has 2 rings (SSSR count). The SMILES string of the molecule is C[C@@H](NC(=O)OC(C)(C)C)c1cccc(C(F)(F)F)c1CCCCC(=O)Nc1cc(F)c(Br)cc1C(N)=O. The molecule has 0 aliphatic heterocycles. The summed E-state index contributed by atoms with van der Waals surface area (Å²) in [6, 6.07) is 5.08. The number of carbonyl (C=O) groups is 3. The van der Waals surface area contributed by atoms with E-state index >= 15 is 0 Å². The molecule has 0 heterocycles. The highest BCUT2D eigenvalue weighted by Crippen LogP contribution is 2.36. The maximum atomic E-state index is 13.9. The van der Waals surface area contributed by atoms with Crippen LogP contribution in [-0.4, -0.2) is 23.5 Å². The van der Waals surface area contributed by atoms with Crippen LogP contribution in [-0.2, 0) is 22.1 Å². The van der Waals surface area contributed by atoms with Crippen LogP contribution >= 0.6 is 15.9 Å². The molecule has 0 spiro atoms. The number of anilines is 1. The summed E-state index contributed by atoms with van der Waals surface area (Å²) in [5, 5.41) is 4.99. The maximum absolute atomic E-state index is 13.9. The first-order valence-corrected chi connectivity index (χ1v) is 12.6. The Balaban J connectivity index is 2.12. The van der Waals surface area contributed by atoms with E-state index in [2.05, 4.69) is 26.6 Å². The molecule has 3 amide bonds. The minimum Gasteiger partial charge on any atom is -0.444 e. The number of hydrogen-bond donors (Lipinski definition) is 3. The Hall–Kier alpha value is -3.15. The highest BCUT2D eigenvalue weighted by molar-refractivity contribution is 9.10. The summed E-state index contributed by atoms with van der Waals surface area (Å²) in [5.41, 5.74) is 3.78. The van der Waals surface area contributed by atoms with E-state index in [1.165, 1.54) is 12.1 Å². The van der Waals surface area contributed by atoms with Gasteiger partial charge in [0, 0.05) is 6.42 Å². The molecule has 12 heteroatoms. The second-order valence-corrected chi connectivity index (χ2v) is 10.5. The van der Waals surface area contributed by atoms with Crippen LogP contribution in [0.5, 0.6) is 0 Å². The molecule has 0 unspecified atom stereocenters. The predicted octanol–water partition coefficient (Wildman–Crippen LogP) is 6.64. The van der Waals surface area contributed by atoms with Crippen molar-refractivity contribution in [3.63, 3.8) is 0 Å². The van der Waals surface area contributed by atoms with Crippen molar-refractivity contribution in [3.8, 4) is 0 Å².